The standard InChI is InChI=1S/C50H56N4OS/c1-34(2)50(55)52-30-14-29-51-33-46-42-18-11-9-16-39(42)41(40-17-10-12-19-43(40)46)20-13-15-35-21-23-36(24-22-35)49-44-27-25-37(53(3)4)31-47(44)56(7,8)48-32-38(54(5)6)26-28-45(48)49/h9-12,16-19,21-28,31-32,51H,1,13-15,20,29-30,33H2,2-8H3/p+1. The molecule has 0 aromatic heterocycles. The van der Waals surface area contributed by atoms with Gasteiger partial charge in [0.25, 0.3) is 0 Å². The minimum atomic E-state index is -1.24. The zero-order valence-corrected chi connectivity index (χ0v) is 35.1. The number of fused-ring (bicyclic) bond motifs is 4. The molecule has 1 amide bonds. The van der Waals surface area contributed by atoms with Crippen LogP contribution in [0.1, 0.15) is 47.6 Å². The first-order chi connectivity index (χ1) is 27.0. The van der Waals surface area contributed by atoms with E-state index < -0.39 is 10.0 Å². The highest BCUT2D eigenvalue weighted by Crippen LogP contribution is 2.66. The van der Waals surface area contributed by atoms with E-state index >= 15 is 0 Å². The van der Waals surface area contributed by atoms with E-state index in [0.29, 0.717) is 12.1 Å². The molecule has 1 aliphatic carbocycles. The second kappa shape index (κ2) is 16.5. The second-order valence-corrected chi connectivity index (χ2v) is 19.6. The van der Waals surface area contributed by atoms with Crippen molar-refractivity contribution in [2.75, 3.05) is 58.7 Å². The Hall–Kier alpha value is -5.17. The summed E-state index contributed by atoms with van der Waals surface area (Å²) in [5.74, 6) is -0.0758. The SMILES string of the molecule is C=C(C)C(=O)NCCCNCc1c2ccccc2c(CCCc2ccc(C3=C4C=CC(=[N+](C)C)C=C4S(C)(C)c4cc(N(C)C)ccc43)cc2)c2ccccc12. The van der Waals surface area contributed by atoms with Gasteiger partial charge in [-0.05, 0) is 130 Å². The van der Waals surface area contributed by atoms with Crippen LogP contribution < -0.4 is 15.5 Å². The normalized spacial score (nSPS) is 15.0. The molecule has 1 heterocycles. The Morgan fingerprint density at radius 1 is 0.786 bits per heavy atom. The molecule has 5 aromatic rings. The van der Waals surface area contributed by atoms with Crippen molar-refractivity contribution in [3.05, 3.63) is 160 Å². The molecule has 288 valence electrons. The summed E-state index contributed by atoms with van der Waals surface area (Å²) < 4.78 is 2.21. The van der Waals surface area contributed by atoms with Gasteiger partial charge >= 0.3 is 0 Å². The van der Waals surface area contributed by atoms with Crippen LogP contribution in [0.2, 0.25) is 0 Å². The minimum absolute atomic E-state index is 0.0758. The number of benzene rings is 5. The molecular weight excluding hydrogens is 705 g/mol. The smallest absolute Gasteiger partial charge is 0.246 e. The summed E-state index contributed by atoms with van der Waals surface area (Å²) in [7, 11) is 7.29. The van der Waals surface area contributed by atoms with Crippen LogP contribution in [0, 0.1) is 0 Å². The Morgan fingerprint density at radius 2 is 1.43 bits per heavy atom. The highest BCUT2D eigenvalue weighted by molar-refractivity contribution is 8.36. The van der Waals surface area contributed by atoms with Crippen LogP contribution in [0.25, 0.3) is 27.1 Å². The number of carbonyl (C=O) groups excluding carboxylic acids is 1. The topological polar surface area (TPSA) is 47.4 Å². The lowest BCUT2D eigenvalue weighted by atomic mass is 9.88. The molecule has 0 fully saturated rings. The van der Waals surface area contributed by atoms with E-state index in [0.717, 1.165) is 38.8 Å². The van der Waals surface area contributed by atoms with Crippen LogP contribution in [0.3, 0.4) is 0 Å². The quantitative estimate of drug-likeness (QED) is 0.0544. The molecular formula is C50H57N4OS+. The number of nitrogens with zero attached hydrogens (tertiary/aromatic N) is 2. The predicted octanol–water partition coefficient (Wildman–Crippen LogP) is 9.81. The number of amides is 1. The first kappa shape index (κ1) is 39.1. The maximum atomic E-state index is 11.9. The molecule has 5 aromatic carbocycles. The Kier molecular flexibility index (Phi) is 11.5. The van der Waals surface area contributed by atoms with Gasteiger partial charge in [0.15, 0.2) is 0 Å². The minimum Gasteiger partial charge on any atom is -0.378 e. The number of nitrogens with one attached hydrogen (secondary N) is 2. The van der Waals surface area contributed by atoms with Crippen molar-refractivity contribution in [3.63, 3.8) is 0 Å². The summed E-state index contributed by atoms with van der Waals surface area (Å²) in [5, 5.41) is 11.9. The van der Waals surface area contributed by atoms with Crippen molar-refractivity contribution in [1.82, 2.24) is 10.6 Å². The Bertz CT molecular complexity index is 2400. The molecule has 5 nitrogen and oxygen atoms in total. The number of carbonyl (C=O) groups is 1. The number of hydrogen-bond acceptors (Lipinski definition) is 3. The van der Waals surface area contributed by atoms with Crippen molar-refractivity contribution < 1.29 is 9.37 Å². The third-order valence-corrected chi connectivity index (χ3v) is 14.3. The third-order valence-electron chi connectivity index (χ3n) is 11.4. The molecule has 0 saturated heterocycles. The van der Waals surface area contributed by atoms with Crippen molar-refractivity contribution in [3.8, 4) is 0 Å². The maximum Gasteiger partial charge on any atom is 0.246 e. The molecule has 0 radical (unpaired) electrons. The monoisotopic (exact) mass is 761 g/mol. The predicted molar refractivity (Wildman–Crippen MR) is 243 cm³/mol. The molecule has 0 bridgehead atoms. The van der Waals surface area contributed by atoms with Crippen LogP contribution >= 0.6 is 10.0 Å². The first-order valence-electron chi connectivity index (χ1n) is 19.8. The van der Waals surface area contributed by atoms with Crippen molar-refractivity contribution >= 4 is 54.5 Å². The lowest BCUT2D eigenvalue weighted by Crippen LogP contribution is -2.27. The molecule has 1 aliphatic heterocycles. The molecule has 0 unspecified atom stereocenters. The van der Waals surface area contributed by atoms with E-state index in [9.17, 15) is 4.79 Å². The zero-order chi connectivity index (χ0) is 39.6. The molecule has 7 rings (SSSR count). The molecule has 0 spiro atoms. The highest BCUT2D eigenvalue weighted by Gasteiger charge is 2.36. The van der Waals surface area contributed by atoms with Crippen LogP contribution in [0.5, 0.6) is 0 Å². The van der Waals surface area contributed by atoms with Crippen LogP contribution in [0.4, 0.5) is 5.69 Å². The van der Waals surface area contributed by atoms with E-state index in [1.807, 2.05) is 0 Å². The molecule has 6 heteroatoms. The summed E-state index contributed by atoms with van der Waals surface area (Å²) >= 11 is 0. The van der Waals surface area contributed by atoms with Gasteiger partial charge in [-0.3, -0.25) is 4.79 Å². The van der Waals surface area contributed by atoms with E-state index in [1.54, 1.807) is 6.92 Å². The Balaban J connectivity index is 1.12. The summed E-state index contributed by atoms with van der Waals surface area (Å²) in [6.07, 6.45) is 15.9. The molecule has 2 N–H and O–H groups in total. The van der Waals surface area contributed by atoms with Crippen LogP contribution in [-0.2, 0) is 24.2 Å². The van der Waals surface area contributed by atoms with Gasteiger partial charge in [-0.2, -0.15) is 10.0 Å². The second-order valence-electron chi connectivity index (χ2n) is 16.0. The average molecular weight is 762 g/mol. The van der Waals surface area contributed by atoms with Gasteiger partial charge < -0.3 is 15.5 Å². The highest BCUT2D eigenvalue weighted by atomic mass is 32.3. The number of rotatable bonds is 13. The van der Waals surface area contributed by atoms with Gasteiger partial charge in [-0.25, -0.2) is 4.58 Å². The fourth-order valence-electron chi connectivity index (χ4n) is 8.27. The fourth-order valence-corrected chi connectivity index (χ4v) is 10.8. The molecule has 0 atom stereocenters. The van der Waals surface area contributed by atoms with E-state index in [-0.39, 0.29) is 5.91 Å². The van der Waals surface area contributed by atoms with Gasteiger partial charge in [-0.1, -0.05) is 85.4 Å². The van der Waals surface area contributed by atoms with Gasteiger partial charge in [0.1, 0.15) is 14.1 Å². The number of hydrogen-bond donors (Lipinski definition) is 2. The van der Waals surface area contributed by atoms with Gasteiger partial charge in [0, 0.05) is 60.4 Å². The van der Waals surface area contributed by atoms with E-state index in [2.05, 4.69) is 177 Å². The van der Waals surface area contributed by atoms with Crippen LogP contribution in [-0.4, -0.2) is 70.0 Å². The maximum absolute atomic E-state index is 11.9. The lowest BCUT2D eigenvalue weighted by Gasteiger charge is -2.43. The van der Waals surface area contributed by atoms with Crippen molar-refractivity contribution in [1.29, 1.82) is 0 Å². The largest absolute Gasteiger partial charge is 0.378 e. The van der Waals surface area contributed by atoms with Gasteiger partial charge in [0.05, 0.1) is 0 Å². The van der Waals surface area contributed by atoms with E-state index in [1.165, 1.54) is 81.7 Å². The summed E-state index contributed by atoms with van der Waals surface area (Å²) in [6, 6.07) is 34.3. The number of anilines is 1. The van der Waals surface area contributed by atoms with Gasteiger partial charge in [-0.15, -0.1) is 0 Å². The van der Waals surface area contributed by atoms with Gasteiger partial charge in [0.2, 0.25) is 11.6 Å². The Labute approximate surface area is 335 Å². The first-order valence-corrected chi connectivity index (χ1v) is 22.3. The van der Waals surface area contributed by atoms with Crippen LogP contribution in [0.15, 0.2) is 137 Å². The fraction of sp³-hybridized carbons (Fsp3) is 0.280. The van der Waals surface area contributed by atoms with Crippen molar-refractivity contribution in [2.24, 2.45) is 0 Å². The number of aryl methyl sites for hydroxylation is 2. The summed E-state index contributed by atoms with van der Waals surface area (Å²) in [6.45, 7) is 7.71. The lowest BCUT2D eigenvalue weighted by molar-refractivity contribution is -0.462. The third kappa shape index (κ3) is 7.78. The molecule has 2 aliphatic rings. The summed E-state index contributed by atoms with van der Waals surface area (Å²) in [4.78, 5) is 17.0. The van der Waals surface area contributed by atoms with E-state index in [4.69, 9.17) is 0 Å². The summed E-state index contributed by atoms with van der Waals surface area (Å²) in [5.41, 5.74) is 12.5. The molecule has 0 saturated carbocycles. The average Bonchev–Trinajstić information content (AvgIpc) is 3.19. The molecule has 56 heavy (non-hydrogen) atoms. The number of allylic oxidation sites excluding steroid dienone is 4. The zero-order valence-electron chi connectivity index (χ0n) is 34.3. The Morgan fingerprint density at radius 3 is 2.04 bits per heavy atom. The van der Waals surface area contributed by atoms with Crippen molar-refractivity contribution in [2.45, 2.75) is 44.0 Å².